The maximum Gasteiger partial charge on any atom is 0.105 e. The van der Waals surface area contributed by atoms with E-state index in [-0.39, 0.29) is 5.92 Å². The van der Waals surface area contributed by atoms with Gasteiger partial charge in [0.15, 0.2) is 0 Å². The third-order valence-corrected chi connectivity index (χ3v) is 2.66. The van der Waals surface area contributed by atoms with E-state index < -0.39 is 0 Å². The largest absolute Gasteiger partial charge is 0.334 e. The van der Waals surface area contributed by atoms with Gasteiger partial charge in [-0.25, -0.2) is 4.98 Å². The summed E-state index contributed by atoms with van der Waals surface area (Å²) in [7, 11) is 0. The second kappa shape index (κ2) is 4.63. The fourth-order valence-electron chi connectivity index (χ4n) is 1.70. The molecule has 0 saturated heterocycles. The Morgan fingerprint density at radius 3 is 2.69 bits per heavy atom. The Morgan fingerprint density at radius 2 is 2.12 bits per heavy atom. The van der Waals surface area contributed by atoms with Gasteiger partial charge in [0.1, 0.15) is 5.82 Å². The maximum absolute atomic E-state index is 9.19. The highest BCUT2D eigenvalue weighted by Crippen LogP contribution is 2.17. The zero-order valence-corrected chi connectivity index (χ0v) is 9.17. The van der Waals surface area contributed by atoms with E-state index in [1.54, 1.807) is 6.20 Å². The number of rotatable bonds is 3. The Balaban J connectivity index is 2.20. The van der Waals surface area contributed by atoms with Crippen LogP contribution in [0.3, 0.4) is 0 Å². The molecule has 3 heteroatoms. The van der Waals surface area contributed by atoms with Crippen molar-refractivity contribution in [2.24, 2.45) is 0 Å². The van der Waals surface area contributed by atoms with Crippen LogP contribution in [0.4, 0.5) is 0 Å². The average Bonchev–Trinajstić information content (AvgIpc) is 2.73. The molecule has 3 nitrogen and oxygen atoms in total. The van der Waals surface area contributed by atoms with Gasteiger partial charge in [-0.3, -0.25) is 0 Å². The summed E-state index contributed by atoms with van der Waals surface area (Å²) >= 11 is 0. The van der Waals surface area contributed by atoms with Gasteiger partial charge in [0.05, 0.1) is 12.0 Å². The summed E-state index contributed by atoms with van der Waals surface area (Å²) in [6, 6.07) is 12.2. The highest BCUT2D eigenvalue weighted by Gasteiger charge is 2.11. The van der Waals surface area contributed by atoms with Crippen LogP contribution in [-0.4, -0.2) is 9.55 Å². The Labute approximate surface area is 95.0 Å². The Kier molecular flexibility index (Phi) is 3.02. The van der Waals surface area contributed by atoms with Gasteiger partial charge >= 0.3 is 0 Å². The first-order chi connectivity index (χ1) is 7.81. The van der Waals surface area contributed by atoms with Gasteiger partial charge in [-0.2, -0.15) is 5.26 Å². The van der Waals surface area contributed by atoms with Crippen molar-refractivity contribution in [3.8, 4) is 6.07 Å². The summed E-state index contributed by atoms with van der Waals surface area (Å²) in [5.74, 6) is 0.824. The van der Waals surface area contributed by atoms with Gasteiger partial charge in [0.2, 0.25) is 0 Å². The van der Waals surface area contributed by atoms with E-state index in [0.717, 1.165) is 11.4 Å². The zero-order chi connectivity index (χ0) is 11.4. The fourth-order valence-corrected chi connectivity index (χ4v) is 1.70. The molecule has 0 fully saturated rings. The predicted octanol–water partition coefficient (Wildman–Crippen LogP) is 2.50. The zero-order valence-electron chi connectivity index (χ0n) is 9.17. The lowest BCUT2D eigenvalue weighted by atomic mass is 10.0. The summed E-state index contributed by atoms with van der Waals surface area (Å²) in [6.07, 6.45) is 3.66. The van der Waals surface area contributed by atoms with Crippen molar-refractivity contribution in [1.82, 2.24) is 9.55 Å². The molecule has 1 unspecified atom stereocenters. The van der Waals surface area contributed by atoms with Crippen molar-refractivity contribution in [2.45, 2.75) is 19.4 Å². The fraction of sp³-hybridized carbons (Fsp3) is 0.231. The molecule has 0 radical (unpaired) electrons. The van der Waals surface area contributed by atoms with Crippen molar-refractivity contribution >= 4 is 0 Å². The molecule has 0 bridgehead atoms. The van der Waals surface area contributed by atoms with Crippen LogP contribution in [0.2, 0.25) is 0 Å². The van der Waals surface area contributed by atoms with Crippen molar-refractivity contribution in [2.75, 3.05) is 0 Å². The predicted molar refractivity (Wildman–Crippen MR) is 61.8 cm³/mol. The molecule has 2 rings (SSSR count). The molecule has 2 aromatic rings. The molecule has 0 aliphatic heterocycles. The molecule has 80 valence electrons. The standard InChI is InChI=1S/C13H13N3/c1-11-15-7-8-16(11)10-13(9-14)12-5-3-2-4-6-12/h2-8,13H,10H2,1H3. The quantitative estimate of drug-likeness (QED) is 0.782. The molecular weight excluding hydrogens is 198 g/mol. The molecular formula is C13H13N3. The number of hydrogen-bond acceptors (Lipinski definition) is 2. The van der Waals surface area contributed by atoms with Gasteiger partial charge in [-0.1, -0.05) is 30.3 Å². The second-order valence-corrected chi connectivity index (χ2v) is 3.72. The molecule has 1 atom stereocenters. The molecule has 1 heterocycles. The lowest BCUT2D eigenvalue weighted by Crippen LogP contribution is -2.08. The minimum absolute atomic E-state index is 0.117. The van der Waals surface area contributed by atoms with Crippen LogP contribution in [0, 0.1) is 18.3 Å². The molecule has 16 heavy (non-hydrogen) atoms. The maximum atomic E-state index is 9.19. The number of aryl methyl sites for hydroxylation is 1. The second-order valence-electron chi connectivity index (χ2n) is 3.72. The van der Waals surface area contributed by atoms with Gasteiger partial charge in [-0.15, -0.1) is 0 Å². The van der Waals surface area contributed by atoms with Gasteiger partial charge in [0.25, 0.3) is 0 Å². The first kappa shape index (κ1) is 10.4. The van der Waals surface area contributed by atoms with Crippen LogP contribution in [0.5, 0.6) is 0 Å². The van der Waals surface area contributed by atoms with Crippen LogP contribution in [-0.2, 0) is 6.54 Å². The SMILES string of the molecule is Cc1nccn1CC(C#N)c1ccccc1. The lowest BCUT2D eigenvalue weighted by molar-refractivity contribution is 0.628. The van der Waals surface area contributed by atoms with Crippen LogP contribution in [0.1, 0.15) is 17.3 Å². The van der Waals surface area contributed by atoms with E-state index in [0.29, 0.717) is 6.54 Å². The van der Waals surface area contributed by atoms with E-state index >= 15 is 0 Å². The van der Waals surface area contributed by atoms with Crippen LogP contribution in [0.25, 0.3) is 0 Å². The van der Waals surface area contributed by atoms with E-state index in [1.165, 1.54) is 0 Å². The number of nitrogens with zero attached hydrogens (tertiary/aromatic N) is 3. The summed E-state index contributed by atoms with van der Waals surface area (Å²) in [5.41, 5.74) is 1.05. The summed E-state index contributed by atoms with van der Waals surface area (Å²) in [4.78, 5) is 4.15. The number of aromatic nitrogens is 2. The van der Waals surface area contributed by atoms with Crippen LogP contribution in [0.15, 0.2) is 42.7 Å². The van der Waals surface area contributed by atoms with E-state index in [1.807, 2.05) is 48.0 Å². The van der Waals surface area contributed by atoms with Gasteiger partial charge in [0, 0.05) is 18.9 Å². The summed E-state index contributed by atoms with van der Waals surface area (Å²) in [6.45, 7) is 2.60. The molecule has 1 aromatic carbocycles. The van der Waals surface area contributed by atoms with Crippen LogP contribution < -0.4 is 0 Å². The molecule has 0 N–H and O–H groups in total. The van der Waals surface area contributed by atoms with Gasteiger partial charge < -0.3 is 4.57 Å². The van der Waals surface area contributed by atoms with E-state index in [9.17, 15) is 5.26 Å². The summed E-state index contributed by atoms with van der Waals surface area (Å²) in [5, 5.41) is 9.19. The third-order valence-electron chi connectivity index (χ3n) is 2.66. The third kappa shape index (κ3) is 2.12. The van der Waals surface area contributed by atoms with E-state index in [2.05, 4.69) is 11.1 Å². The minimum Gasteiger partial charge on any atom is -0.334 e. The van der Waals surface area contributed by atoms with Crippen molar-refractivity contribution in [3.05, 3.63) is 54.1 Å². The topological polar surface area (TPSA) is 41.6 Å². The Morgan fingerprint density at radius 1 is 1.38 bits per heavy atom. The Bertz CT molecular complexity index is 493. The molecule has 0 aliphatic rings. The van der Waals surface area contributed by atoms with Crippen molar-refractivity contribution < 1.29 is 0 Å². The smallest absolute Gasteiger partial charge is 0.105 e. The molecule has 0 amide bonds. The molecule has 0 saturated carbocycles. The van der Waals surface area contributed by atoms with E-state index in [4.69, 9.17) is 0 Å². The number of benzene rings is 1. The molecule has 0 spiro atoms. The number of imidazole rings is 1. The summed E-state index contributed by atoms with van der Waals surface area (Å²) < 4.78 is 2.00. The van der Waals surface area contributed by atoms with Crippen LogP contribution >= 0.6 is 0 Å². The minimum atomic E-state index is -0.117. The van der Waals surface area contributed by atoms with Crippen molar-refractivity contribution in [3.63, 3.8) is 0 Å². The normalized spacial score (nSPS) is 12.0. The highest BCUT2D eigenvalue weighted by molar-refractivity contribution is 5.24. The number of hydrogen-bond donors (Lipinski definition) is 0. The first-order valence-electron chi connectivity index (χ1n) is 5.23. The molecule has 0 aliphatic carbocycles. The highest BCUT2D eigenvalue weighted by atomic mass is 15.1. The first-order valence-corrected chi connectivity index (χ1v) is 5.23. The average molecular weight is 211 g/mol. The van der Waals surface area contributed by atoms with Gasteiger partial charge in [-0.05, 0) is 12.5 Å². The monoisotopic (exact) mass is 211 g/mol. The molecule has 1 aromatic heterocycles. The van der Waals surface area contributed by atoms with Crippen molar-refractivity contribution in [1.29, 1.82) is 5.26 Å². The number of nitriles is 1. The lowest BCUT2D eigenvalue weighted by Gasteiger charge is -2.11. The Hall–Kier alpha value is -2.08.